The Hall–Kier alpha value is -1.87. The molecule has 8 nitrogen and oxygen atoms in total. The van der Waals surface area contributed by atoms with E-state index in [2.05, 4.69) is 20.2 Å². The molecule has 0 saturated heterocycles. The number of aliphatic carboxylic acids is 1. The van der Waals surface area contributed by atoms with E-state index in [-0.39, 0.29) is 6.10 Å². The quantitative estimate of drug-likeness (QED) is 0.205. The highest BCUT2D eigenvalue weighted by atomic mass is 32.2. The number of allylic oxidation sites excluding steroid dienone is 1. The van der Waals surface area contributed by atoms with Crippen molar-refractivity contribution in [3.05, 3.63) is 12.2 Å². The first-order valence-electron chi connectivity index (χ1n) is 5.50. The number of carboxylic acid groups (broad SMARTS) is 1. The van der Waals surface area contributed by atoms with Crippen LogP contribution in [0.2, 0.25) is 0 Å². The predicted molar refractivity (Wildman–Crippen MR) is 69.5 cm³/mol. The van der Waals surface area contributed by atoms with Crippen LogP contribution in [0.3, 0.4) is 0 Å². The fourth-order valence-electron chi connectivity index (χ4n) is 1.65. The van der Waals surface area contributed by atoms with Crippen LogP contribution in [-0.4, -0.2) is 40.6 Å². The number of carbonyl (C=O) groups excluding carboxylic acids is 1. The van der Waals surface area contributed by atoms with Crippen molar-refractivity contribution in [3.63, 3.8) is 0 Å². The summed E-state index contributed by atoms with van der Waals surface area (Å²) >= 11 is 1.05. The molecule has 1 amide bonds. The highest BCUT2D eigenvalue weighted by Gasteiger charge is 2.43. The Kier molecular flexibility index (Phi) is 4.17. The molecule has 2 unspecified atom stereocenters. The van der Waals surface area contributed by atoms with E-state index in [9.17, 15) is 14.7 Å². The molecule has 0 radical (unpaired) electrons. The third-order valence-electron chi connectivity index (χ3n) is 2.57. The highest BCUT2D eigenvalue weighted by molar-refractivity contribution is 8.10. The van der Waals surface area contributed by atoms with Crippen molar-refractivity contribution in [2.45, 2.75) is 24.7 Å². The minimum atomic E-state index is -1.60. The first-order valence-corrected chi connectivity index (χ1v) is 6.38. The average molecular weight is 284 g/mol. The number of aliphatic imine (C=N–C) groups is 1. The molecule has 0 saturated carbocycles. The maximum atomic E-state index is 11.3. The lowest BCUT2D eigenvalue weighted by Gasteiger charge is -2.23. The van der Waals surface area contributed by atoms with Crippen LogP contribution in [0.25, 0.3) is 0 Å². The molecule has 2 rings (SSSR count). The molecule has 0 aromatic rings. The van der Waals surface area contributed by atoms with Crippen LogP contribution in [0.5, 0.6) is 0 Å². The number of amides is 1. The van der Waals surface area contributed by atoms with Gasteiger partial charge in [0.1, 0.15) is 6.10 Å². The lowest BCUT2D eigenvalue weighted by Crippen LogP contribution is -2.59. The molecule has 1 aliphatic heterocycles. The Bertz CT molecular complexity index is 464. The third-order valence-corrected chi connectivity index (χ3v) is 3.19. The molecular weight excluding hydrogens is 272 g/mol. The van der Waals surface area contributed by atoms with Crippen molar-refractivity contribution >= 4 is 35.6 Å². The van der Waals surface area contributed by atoms with Gasteiger partial charge >= 0.3 is 5.97 Å². The van der Waals surface area contributed by atoms with Gasteiger partial charge in [0.15, 0.2) is 0 Å². The minimum absolute atomic E-state index is 0.249. The number of carboxylic acids is 1. The van der Waals surface area contributed by atoms with Crippen LogP contribution in [0.1, 0.15) is 12.8 Å². The lowest BCUT2D eigenvalue weighted by molar-refractivity contribution is -0.130. The predicted octanol–water partition coefficient (Wildman–Crippen LogP) is -0.158. The van der Waals surface area contributed by atoms with Gasteiger partial charge in [-0.2, -0.15) is 0 Å². The van der Waals surface area contributed by atoms with Crippen LogP contribution in [-0.2, 0) is 14.4 Å². The molecule has 3 N–H and O–H groups in total. The van der Waals surface area contributed by atoms with Crippen LogP contribution in [0.15, 0.2) is 22.3 Å². The second-order valence-corrected chi connectivity index (χ2v) is 4.47. The third kappa shape index (κ3) is 2.93. The van der Waals surface area contributed by atoms with E-state index in [0.29, 0.717) is 6.41 Å². The second kappa shape index (κ2) is 5.85. The normalized spacial score (nSPS) is 29.5. The zero-order chi connectivity index (χ0) is 13.7. The maximum absolute atomic E-state index is 11.3. The molecule has 19 heavy (non-hydrogen) atoms. The van der Waals surface area contributed by atoms with Gasteiger partial charge in [0, 0.05) is 0 Å². The summed E-state index contributed by atoms with van der Waals surface area (Å²) in [4.78, 5) is 30.9. The van der Waals surface area contributed by atoms with Gasteiger partial charge in [-0.05, 0) is 30.9 Å². The minimum Gasteiger partial charge on any atom is -0.476 e. The smallest absolute Gasteiger partial charge is 0.359 e. The number of nitrogens with one attached hydrogen (secondary N) is 2. The van der Waals surface area contributed by atoms with Gasteiger partial charge in [-0.25, -0.2) is 14.5 Å². The van der Waals surface area contributed by atoms with E-state index in [1.54, 1.807) is 0 Å². The molecule has 0 aromatic carbocycles. The number of oxime groups is 1. The van der Waals surface area contributed by atoms with Gasteiger partial charge in [-0.3, -0.25) is 4.79 Å². The van der Waals surface area contributed by atoms with Gasteiger partial charge < -0.3 is 15.3 Å². The molecule has 0 spiro atoms. The molecule has 1 heterocycles. The van der Waals surface area contributed by atoms with E-state index in [0.717, 1.165) is 24.8 Å². The Morgan fingerprint density at radius 1 is 1.74 bits per heavy atom. The Morgan fingerprint density at radius 3 is 3.11 bits per heavy atom. The van der Waals surface area contributed by atoms with Gasteiger partial charge in [0.25, 0.3) is 5.79 Å². The Balaban J connectivity index is 2.19. The summed E-state index contributed by atoms with van der Waals surface area (Å²) in [5.74, 6) is -2.93. The summed E-state index contributed by atoms with van der Waals surface area (Å²) < 4.78 is 2.67. The standard InChI is InChI=1S/C10H12N4O4S/c15-5-11-10(12-6-19-14-10)8(9(16)17)13-18-7-3-1-2-4-7/h1,3,5-7,14H,2,4H2,(H,11,15)(H,16,17). The van der Waals surface area contributed by atoms with Crippen molar-refractivity contribution < 1.29 is 19.5 Å². The number of nitrogens with zero attached hydrogens (tertiary/aromatic N) is 2. The number of hydrogen-bond donors (Lipinski definition) is 3. The first kappa shape index (κ1) is 13.6. The molecule has 102 valence electrons. The van der Waals surface area contributed by atoms with Crippen molar-refractivity contribution in [2.75, 3.05) is 0 Å². The number of hydrogen-bond acceptors (Lipinski definition) is 7. The van der Waals surface area contributed by atoms with Gasteiger partial charge in [0.05, 0.1) is 5.55 Å². The first-order chi connectivity index (χ1) is 9.18. The number of rotatable bonds is 6. The van der Waals surface area contributed by atoms with Crippen molar-refractivity contribution in [1.82, 2.24) is 10.0 Å². The maximum Gasteiger partial charge on any atom is 0.359 e. The van der Waals surface area contributed by atoms with E-state index in [4.69, 9.17) is 4.84 Å². The summed E-state index contributed by atoms with van der Waals surface area (Å²) in [7, 11) is 0. The van der Waals surface area contributed by atoms with Gasteiger partial charge in [0.2, 0.25) is 12.1 Å². The molecule has 1 aliphatic carbocycles. The van der Waals surface area contributed by atoms with Crippen LogP contribution in [0, 0.1) is 0 Å². The van der Waals surface area contributed by atoms with E-state index < -0.39 is 17.5 Å². The second-order valence-electron chi connectivity index (χ2n) is 3.82. The number of carbonyl (C=O) groups is 2. The molecule has 2 aliphatic rings. The largest absolute Gasteiger partial charge is 0.476 e. The average Bonchev–Trinajstić information content (AvgIpc) is 3.01. The molecular formula is C10H12N4O4S. The van der Waals surface area contributed by atoms with E-state index in [1.807, 2.05) is 12.2 Å². The van der Waals surface area contributed by atoms with Crippen molar-refractivity contribution in [2.24, 2.45) is 10.1 Å². The highest BCUT2D eigenvalue weighted by Crippen LogP contribution is 2.19. The zero-order valence-corrected chi connectivity index (χ0v) is 10.6. The van der Waals surface area contributed by atoms with Crippen LogP contribution in [0.4, 0.5) is 0 Å². The molecule has 0 aromatic heterocycles. The summed E-state index contributed by atoms with van der Waals surface area (Å²) in [5, 5.41) is 15.1. The summed E-state index contributed by atoms with van der Waals surface area (Å²) in [6.07, 6.45) is 5.46. The zero-order valence-electron chi connectivity index (χ0n) is 9.78. The molecule has 0 fully saturated rings. The molecule has 9 heteroatoms. The van der Waals surface area contributed by atoms with E-state index >= 15 is 0 Å². The van der Waals surface area contributed by atoms with Crippen molar-refractivity contribution in [3.8, 4) is 0 Å². The van der Waals surface area contributed by atoms with Crippen molar-refractivity contribution in [1.29, 1.82) is 0 Å². The summed E-state index contributed by atoms with van der Waals surface area (Å²) in [6, 6.07) is 0. The van der Waals surface area contributed by atoms with Gasteiger partial charge in [-0.1, -0.05) is 11.2 Å². The SMILES string of the molecule is O=CNC1(C(=NOC2C=CCC2)C(=O)O)N=CSN1. The summed E-state index contributed by atoms with van der Waals surface area (Å²) in [5.41, 5.74) is 0.950. The lowest BCUT2D eigenvalue weighted by atomic mass is 10.2. The molecule has 0 bridgehead atoms. The Labute approximate surface area is 113 Å². The monoisotopic (exact) mass is 284 g/mol. The molecule has 2 atom stereocenters. The summed E-state index contributed by atoms with van der Waals surface area (Å²) in [6.45, 7) is 0. The van der Waals surface area contributed by atoms with Crippen LogP contribution < -0.4 is 10.0 Å². The van der Waals surface area contributed by atoms with Gasteiger partial charge in [-0.15, -0.1) is 0 Å². The fraction of sp³-hybridized carbons (Fsp3) is 0.400. The van der Waals surface area contributed by atoms with Crippen LogP contribution >= 0.6 is 11.9 Å². The van der Waals surface area contributed by atoms with E-state index in [1.165, 1.54) is 5.55 Å². The fourth-order valence-corrected chi connectivity index (χ4v) is 2.29. The topological polar surface area (TPSA) is 112 Å². The Morgan fingerprint density at radius 2 is 2.58 bits per heavy atom.